The van der Waals surface area contributed by atoms with E-state index in [2.05, 4.69) is 17.2 Å². The number of carbonyl (C=O) groups excluding carboxylic acids is 1. The number of thiophene rings is 1. The van der Waals surface area contributed by atoms with E-state index >= 15 is 0 Å². The van der Waals surface area contributed by atoms with Crippen LogP contribution in [0.3, 0.4) is 0 Å². The molecular weight excluding hydrogens is 280 g/mol. The van der Waals surface area contributed by atoms with Crippen LogP contribution < -0.4 is 11.1 Å². The van der Waals surface area contributed by atoms with Crippen LogP contribution in [0.2, 0.25) is 0 Å². The van der Waals surface area contributed by atoms with E-state index in [0.29, 0.717) is 19.5 Å². The molecule has 1 amide bonds. The van der Waals surface area contributed by atoms with Gasteiger partial charge in [-0.1, -0.05) is 43.9 Å². The Morgan fingerprint density at radius 2 is 2.19 bits per heavy atom. The highest BCUT2D eigenvalue weighted by atomic mass is 32.1. The van der Waals surface area contributed by atoms with Crippen molar-refractivity contribution < 1.29 is 4.79 Å². The predicted octanol–water partition coefficient (Wildman–Crippen LogP) is 3.04. The zero-order valence-electron chi connectivity index (χ0n) is 12.5. The Morgan fingerprint density at radius 3 is 2.95 bits per heavy atom. The lowest BCUT2D eigenvalue weighted by molar-refractivity contribution is -0.121. The van der Waals surface area contributed by atoms with Gasteiger partial charge in [0.15, 0.2) is 0 Å². The van der Waals surface area contributed by atoms with Crippen molar-refractivity contribution in [3.8, 4) is 11.8 Å². The zero-order valence-corrected chi connectivity index (χ0v) is 13.3. The van der Waals surface area contributed by atoms with E-state index in [1.807, 2.05) is 11.4 Å². The third kappa shape index (κ3) is 5.53. The van der Waals surface area contributed by atoms with Crippen molar-refractivity contribution in [2.75, 3.05) is 6.54 Å². The van der Waals surface area contributed by atoms with Gasteiger partial charge in [0.2, 0.25) is 5.91 Å². The third-order valence-corrected chi connectivity index (χ3v) is 4.94. The molecule has 21 heavy (non-hydrogen) atoms. The van der Waals surface area contributed by atoms with E-state index in [4.69, 9.17) is 5.73 Å². The topological polar surface area (TPSA) is 55.1 Å². The largest absolute Gasteiger partial charge is 0.351 e. The maximum atomic E-state index is 11.9. The Balaban J connectivity index is 1.72. The lowest BCUT2D eigenvalue weighted by atomic mass is 9.86. The smallest absolute Gasteiger partial charge is 0.220 e. The van der Waals surface area contributed by atoms with E-state index < -0.39 is 0 Å². The highest BCUT2D eigenvalue weighted by molar-refractivity contribution is 7.10. The van der Waals surface area contributed by atoms with E-state index in [1.165, 1.54) is 32.1 Å². The molecule has 1 aliphatic carbocycles. The van der Waals surface area contributed by atoms with Crippen LogP contribution in [0.1, 0.15) is 55.4 Å². The molecule has 0 aliphatic heterocycles. The number of nitrogens with two attached hydrogens (primary N) is 1. The summed E-state index contributed by atoms with van der Waals surface area (Å²) < 4.78 is 0. The molecule has 0 unspecified atom stereocenters. The molecular formula is C17H24N2OS. The molecule has 4 heteroatoms. The van der Waals surface area contributed by atoms with Crippen LogP contribution in [0.4, 0.5) is 0 Å². The number of amides is 1. The molecule has 114 valence electrons. The Hall–Kier alpha value is -1.31. The summed E-state index contributed by atoms with van der Waals surface area (Å²) in [5, 5.41) is 5.02. The second kappa shape index (κ2) is 8.86. The molecule has 3 nitrogen and oxygen atoms in total. The second-order valence-corrected chi connectivity index (χ2v) is 6.58. The first-order chi connectivity index (χ1) is 10.3. The van der Waals surface area contributed by atoms with Crippen molar-refractivity contribution in [2.45, 2.75) is 51.5 Å². The van der Waals surface area contributed by atoms with Gasteiger partial charge >= 0.3 is 0 Å². The molecule has 0 spiro atoms. The molecule has 0 radical (unpaired) electrons. The highest BCUT2D eigenvalue weighted by Crippen LogP contribution is 2.27. The zero-order chi connectivity index (χ0) is 14.9. The standard InChI is InChI=1S/C17H24N2OS/c18-11-4-7-15-10-12-21-16(15)13-19-17(20)9-8-14-5-2-1-3-6-14/h10,12,14H,1-3,5-6,8-9,11,13,18H2,(H,19,20). The maximum Gasteiger partial charge on any atom is 0.220 e. The summed E-state index contributed by atoms with van der Waals surface area (Å²) in [6.07, 6.45) is 8.34. The van der Waals surface area contributed by atoms with Gasteiger partial charge < -0.3 is 11.1 Å². The van der Waals surface area contributed by atoms with Gasteiger partial charge in [-0.15, -0.1) is 11.3 Å². The first-order valence-electron chi connectivity index (χ1n) is 7.81. The van der Waals surface area contributed by atoms with Gasteiger partial charge in [0.25, 0.3) is 0 Å². The number of hydrogen-bond donors (Lipinski definition) is 2. The minimum atomic E-state index is 0.159. The molecule has 0 aromatic carbocycles. The fourth-order valence-electron chi connectivity index (χ4n) is 2.81. The number of rotatable bonds is 5. The lowest BCUT2D eigenvalue weighted by Gasteiger charge is -2.20. The van der Waals surface area contributed by atoms with E-state index in [1.54, 1.807) is 11.3 Å². The fraction of sp³-hybridized carbons (Fsp3) is 0.588. The summed E-state index contributed by atoms with van der Waals surface area (Å²) in [5.41, 5.74) is 6.37. The van der Waals surface area contributed by atoms with Crippen molar-refractivity contribution >= 4 is 17.2 Å². The summed E-state index contributed by atoms with van der Waals surface area (Å²) in [6, 6.07) is 1.98. The molecule has 1 saturated carbocycles. The van der Waals surface area contributed by atoms with Crippen LogP contribution in [-0.2, 0) is 11.3 Å². The summed E-state index contributed by atoms with van der Waals surface area (Å²) in [7, 11) is 0. The van der Waals surface area contributed by atoms with E-state index in [0.717, 1.165) is 22.8 Å². The van der Waals surface area contributed by atoms with Crippen LogP contribution in [0.25, 0.3) is 0 Å². The predicted molar refractivity (Wildman–Crippen MR) is 87.9 cm³/mol. The summed E-state index contributed by atoms with van der Waals surface area (Å²) in [4.78, 5) is 13.1. The van der Waals surface area contributed by atoms with Gasteiger partial charge in [-0.05, 0) is 23.8 Å². The summed E-state index contributed by atoms with van der Waals surface area (Å²) >= 11 is 1.63. The summed E-state index contributed by atoms with van der Waals surface area (Å²) in [6.45, 7) is 0.943. The molecule has 3 N–H and O–H groups in total. The lowest BCUT2D eigenvalue weighted by Crippen LogP contribution is -2.23. The molecule has 0 bridgehead atoms. The van der Waals surface area contributed by atoms with Crippen LogP contribution in [0.15, 0.2) is 11.4 Å². The van der Waals surface area contributed by atoms with Gasteiger partial charge in [-0.3, -0.25) is 4.79 Å². The van der Waals surface area contributed by atoms with Crippen molar-refractivity contribution in [3.63, 3.8) is 0 Å². The molecule has 0 saturated heterocycles. The van der Waals surface area contributed by atoms with Gasteiger partial charge in [-0.25, -0.2) is 0 Å². The second-order valence-electron chi connectivity index (χ2n) is 5.58. The number of nitrogens with one attached hydrogen (secondary N) is 1. The highest BCUT2D eigenvalue weighted by Gasteiger charge is 2.14. The van der Waals surface area contributed by atoms with Gasteiger partial charge in [-0.2, -0.15) is 0 Å². The Kier molecular flexibility index (Phi) is 6.78. The SMILES string of the molecule is NCC#Cc1ccsc1CNC(=O)CCC1CCCCC1. The van der Waals surface area contributed by atoms with Crippen molar-refractivity contribution in [1.82, 2.24) is 5.32 Å². The van der Waals surface area contributed by atoms with Crippen molar-refractivity contribution in [3.05, 3.63) is 21.9 Å². The first kappa shape index (κ1) is 16.1. The molecule has 0 atom stereocenters. The Morgan fingerprint density at radius 1 is 1.38 bits per heavy atom. The maximum absolute atomic E-state index is 11.9. The van der Waals surface area contributed by atoms with Crippen LogP contribution in [-0.4, -0.2) is 12.5 Å². The molecule has 2 rings (SSSR count). The van der Waals surface area contributed by atoms with Crippen LogP contribution in [0.5, 0.6) is 0 Å². The first-order valence-corrected chi connectivity index (χ1v) is 8.69. The van der Waals surface area contributed by atoms with Crippen molar-refractivity contribution in [1.29, 1.82) is 0 Å². The average molecular weight is 304 g/mol. The van der Waals surface area contributed by atoms with Crippen LogP contribution >= 0.6 is 11.3 Å². The van der Waals surface area contributed by atoms with Crippen LogP contribution in [0, 0.1) is 17.8 Å². The van der Waals surface area contributed by atoms with E-state index in [-0.39, 0.29) is 5.91 Å². The molecule has 1 aromatic heterocycles. The average Bonchev–Trinajstić information content (AvgIpc) is 2.97. The molecule has 1 fully saturated rings. The minimum absolute atomic E-state index is 0.159. The molecule has 1 aromatic rings. The summed E-state index contributed by atoms with van der Waals surface area (Å²) in [5.74, 6) is 6.82. The van der Waals surface area contributed by atoms with Crippen molar-refractivity contribution in [2.24, 2.45) is 11.7 Å². The van der Waals surface area contributed by atoms with Gasteiger partial charge in [0.1, 0.15) is 0 Å². The molecule has 1 aliphatic rings. The van der Waals surface area contributed by atoms with Gasteiger partial charge in [0.05, 0.1) is 13.1 Å². The Labute approximate surface area is 131 Å². The quantitative estimate of drug-likeness (QED) is 0.822. The minimum Gasteiger partial charge on any atom is -0.351 e. The Bertz CT molecular complexity index is 506. The normalized spacial score (nSPS) is 15.3. The monoisotopic (exact) mass is 304 g/mol. The third-order valence-electron chi connectivity index (χ3n) is 4.02. The molecule has 1 heterocycles. The number of carbonyl (C=O) groups is 1. The van der Waals surface area contributed by atoms with E-state index in [9.17, 15) is 4.79 Å². The fourth-order valence-corrected chi connectivity index (χ4v) is 3.58. The van der Waals surface area contributed by atoms with Gasteiger partial charge in [0, 0.05) is 16.9 Å². The number of hydrogen-bond acceptors (Lipinski definition) is 3.